The second-order valence-electron chi connectivity index (χ2n) is 3.95. The zero-order valence-electron chi connectivity index (χ0n) is 10.4. The Morgan fingerprint density at radius 2 is 2.00 bits per heavy atom. The topological polar surface area (TPSA) is 76.3 Å². The third-order valence-corrected chi connectivity index (χ3v) is 3.03. The van der Waals surface area contributed by atoms with Crippen molar-refractivity contribution in [2.24, 2.45) is 7.05 Å². The number of nitrogens with zero attached hydrogens (tertiary/aromatic N) is 1. The van der Waals surface area contributed by atoms with Gasteiger partial charge in [0.1, 0.15) is 11.5 Å². The van der Waals surface area contributed by atoms with Crippen LogP contribution in [0.2, 0.25) is 0 Å². The van der Waals surface area contributed by atoms with E-state index in [1.165, 1.54) is 12.3 Å². The van der Waals surface area contributed by atoms with E-state index in [-0.39, 0.29) is 0 Å². The van der Waals surface area contributed by atoms with E-state index in [1.54, 1.807) is 30.8 Å². The van der Waals surface area contributed by atoms with Crippen molar-refractivity contribution in [3.63, 3.8) is 0 Å². The smallest absolute Gasteiger partial charge is 0.286 e. The van der Waals surface area contributed by atoms with Crippen molar-refractivity contribution in [1.29, 1.82) is 0 Å². The van der Waals surface area contributed by atoms with Crippen molar-refractivity contribution >= 4 is 27.7 Å². The third-order valence-electron chi connectivity index (χ3n) is 2.60. The standard InChI is InChI=1S/C12H12BrN3O3/c1-7-9(3-4-19-7)11(17)14-15-12(18)10-5-8(13)6-16(10)2/h3-6H,1-2H3,(H,14,17)(H,15,18). The Balaban J connectivity index is 2.00. The number of aromatic nitrogens is 1. The van der Waals surface area contributed by atoms with Crippen LogP contribution in [0.25, 0.3) is 0 Å². The number of furan rings is 1. The van der Waals surface area contributed by atoms with Gasteiger partial charge in [0, 0.05) is 17.7 Å². The predicted octanol–water partition coefficient (Wildman–Crippen LogP) is 1.76. The zero-order chi connectivity index (χ0) is 14.0. The Hall–Kier alpha value is -2.02. The van der Waals surface area contributed by atoms with E-state index in [9.17, 15) is 9.59 Å². The molecule has 7 heteroatoms. The summed E-state index contributed by atoms with van der Waals surface area (Å²) in [5, 5.41) is 0. The second-order valence-corrected chi connectivity index (χ2v) is 4.87. The maximum absolute atomic E-state index is 11.8. The molecular formula is C12H12BrN3O3. The number of hydrogen-bond acceptors (Lipinski definition) is 3. The molecule has 0 bridgehead atoms. The highest BCUT2D eigenvalue weighted by atomic mass is 79.9. The fourth-order valence-corrected chi connectivity index (χ4v) is 2.14. The molecule has 6 nitrogen and oxygen atoms in total. The lowest BCUT2D eigenvalue weighted by molar-refractivity contribution is 0.0841. The lowest BCUT2D eigenvalue weighted by Crippen LogP contribution is -2.42. The summed E-state index contributed by atoms with van der Waals surface area (Å²) in [5.74, 6) is -0.330. The fraction of sp³-hybridized carbons (Fsp3) is 0.167. The first-order valence-electron chi connectivity index (χ1n) is 5.45. The first-order valence-corrected chi connectivity index (χ1v) is 6.25. The molecule has 0 fully saturated rings. The van der Waals surface area contributed by atoms with Gasteiger partial charge in [0.05, 0.1) is 11.8 Å². The van der Waals surface area contributed by atoms with Crippen molar-refractivity contribution < 1.29 is 14.0 Å². The summed E-state index contributed by atoms with van der Waals surface area (Å²) in [7, 11) is 1.74. The Morgan fingerprint density at radius 3 is 2.53 bits per heavy atom. The average Bonchev–Trinajstić information content (AvgIpc) is 2.91. The van der Waals surface area contributed by atoms with E-state index in [0.29, 0.717) is 17.0 Å². The van der Waals surface area contributed by atoms with Crippen molar-refractivity contribution in [1.82, 2.24) is 15.4 Å². The van der Waals surface area contributed by atoms with E-state index >= 15 is 0 Å². The molecule has 0 saturated heterocycles. The first kappa shape index (κ1) is 13.4. The summed E-state index contributed by atoms with van der Waals surface area (Å²) < 4.78 is 7.45. The van der Waals surface area contributed by atoms with Crippen molar-refractivity contribution in [3.8, 4) is 0 Å². The summed E-state index contributed by atoms with van der Waals surface area (Å²) >= 11 is 3.27. The maximum Gasteiger partial charge on any atom is 0.286 e. The molecule has 2 aromatic rings. The largest absolute Gasteiger partial charge is 0.469 e. The van der Waals surface area contributed by atoms with Crippen LogP contribution in [0.1, 0.15) is 26.6 Å². The quantitative estimate of drug-likeness (QED) is 0.826. The number of halogens is 1. The minimum atomic E-state index is -0.423. The number of carbonyl (C=O) groups excluding carboxylic acids is 2. The van der Waals surface area contributed by atoms with E-state index in [1.807, 2.05) is 0 Å². The number of amides is 2. The van der Waals surface area contributed by atoms with Crippen LogP contribution in [0, 0.1) is 6.92 Å². The van der Waals surface area contributed by atoms with Crippen LogP contribution >= 0.6 is 15.9 Å². The molecule has 2 aromatic heterocycles. The third kappa shape index (κ3) is 2.87. The van der Waals surface area contributed by atoms with E-state index in [2.05, 4.69) is 26.8 Å². The number of hydrazine groups is 1. The molecule has 2 rings (SSSR count). The molecule has 0 atom stereocenters. The van der Waals surface area contributed by atoms with Gasteiger partial charge >= 0.3 is 0 Å². The van der Waals surface area contributed by atoms with Gasteiger partial charge in [0.2, 0.25) is 0 Å². The highest BCUT2D eigenvalue weighted by Crippen LogP contribution is 2.13. The first-order chi connectivity index (χ1) is 8.99. The van der Waals surface area contributed by atoms with Crippen molar-refractivity contribution in [3.05, 3.63) is 46.1 Å². The molecule has 2 amide bonds. The molecule has 0 aliphatic heterocycles. The normalized spacial score (nSPS) is 10.3. The molecule has 0 saturated carbocycles. The Morgan fingerprint density at radius 1 is 1.32 bits per heavy atom. The number of aryl methyl sites for hydroxylation is 2. The minimum absolute atomic E-state index is 0.383. The van der Waals surface area contributed by atoms with Gasteiger partial charge in [0.25, 0.3) is 11.8 Å². The van der Waals surface area contributed by atoms with Crippen LogP contribution in [0.4, 0.5) is 0 Å². The number of rotatable bonds is 2. The summed E-state index contributed by atoms with van der Waals surface area (Å²) in [6.07, 6.45) is 3.16. The van der Waals surface area contributed by atoms with Gasteiger partial charge in [-0.25, -0.2) is 0 Å². The lowest BCUT2D eigenvalue weighted by atomic mass is 10.2. The molecule has 0 radical (unpaired) electrons. The van der Waals surface area contributed by atoms with Crippen LogP contribution in [0.15, 0.2) is 33.5 Å². The molecule has 0 aliphatic rings. The second kappa shape index (κ2) is 5.31. The molecule has 19 heavy (non-hydrogen) atoms. The number of hydrogen-bond donors (Lipinski definition) is 2. The monoisotopic (exact) mass is 325 g/mol. The van der Waals surface area contributed by atoms with Crippen molar-refractivity contribution in [2.75, 3.05) is 0 Å². The maximum atomic E-state index is 11.8. The molecule has 0 spiro atoms. The Bertz CT molecular complexity index is 630. The van der Waals surface area contributed by atoms with Gasteiger partial charge in [-0.1, -0.05) is 0 Å². The number of carbonyl (C=O) groups is 2. The molecular weight excluding hydrogens is 314 g/mol. The molecule has 2 N–H and O–H groups in total. The summed E-state index contributed by atoms with van der Waals surface area (Å²) in [6, 6.07) is 3.19. The highest BCUT2D eigenvalue weighted by molar-refractivity contribution is 9.10. The van der Waals surface area contributed by atoms with Crippen molar-refractivity contribution in [2.45, 2.75) is 6.92 Å². The van der Waals surface area contributed by atoms with Crippen LogP contribution in [-0.4, -0.2) is 16.4 Å². The van der Waals surface area contributed by atoms with Gasteiger partial charge in [0.15, 0.2) is 0 Å². The molecule has 0 aliphatic carbocycles. The Labute approximate surface area is 117 Å². The summed E-state index contributed by atoms with van der Waals surface area (Å²) in [4.78, 5) is 23.6. The van der Waals surface area contributed by atoms with Gasteiger partial charge < -0.3 is 8.98 Å². The van der Waals surface area contributed by atoms with Gasteiger partial charge in [-0.2, -0.15) is 0 Å². The van der Waals surface area contributed by atoms with Crippen LogP contribution in [-0.2, 0) is 7.05 Å². The van der Waals surface area contributed by atoms with Gasteiger partial charge in [-0.15, -0.1) is 0 Å². The van der Waals surface area contributed by atoms with Crippen LogP contribution < -0.4 is 10.9 Å². The highest BCUT2D eigenvalue weighted by Gasteiger charge is 2.14. The van der Waals surface area contributed by atoms with Gasteiger partial charge in [-0.05, 0) is 35.0 Å². The SMILES string of the molecule is Cc1occc1C(=O)NNC(=O)c1cc(Br)cn1C. The van der Waals surface area contributed by atoms with E-state index in [4.69, 9.17) is 4.42 Å². The van der Waals surface area contributed by atoms with Crippen LogP contribution in [0.3, 0.4) is 0 Å². The number of nitrogens with one attached hydrogen (secondary N) is 2. The zero-order valence-corrected chi connectivity index (χ0v) is 11.9. The van der Waals surface area contributed by atoms with Crippen LogP contribution in [0.5, 0.6) is 0 Å². The average molecular weight is 326 g/mol. The fourth-order valence-electron chi connectivity index (χ4n) is 1.62. The van der Waals surface area contributed by atoms with Gasteiger partial charge in [-0.3, -0.25) is 20.4 Å². The molecule has 2 heterocycles. The molecule has 0 unspecified atom stereocenters. The van der Waals surface area contributed by atoms with E-state index < -0.39 is 11.8 Å². The molecule has 0 aromatic carbocycles. The predicted molar refractivity (Wildman–Crippen MR) is 71.5 cm³/mol. The summed E-state index contributed by atoms with van der Waals surface area (Å²) in [5.41, 5.74) is 5.49. The molecule has 100 valence electrons. The Kier molecular flexibility index (Phi) is 3.75. The summed E-state index contributed by atoms with van der Waals surface area (Å²) in [6.45, 7) is 1.67. The van der Waals surface area contributed by atoms with E-state index in [0.717, 1.165) is 4.47 Å². The minimum Gasteiger partial charge on any atom is -0.469 e. The lowest BCUT2D eigenvalue weighted by Gasteiger charge is -2.07.